The van der Waals surface area contributed by atoms with Crippen LogP contribution in [0.4, 0.5) is 5.95 Å². The summed E-state index contributed by atoms with van der Waals surface area (Å²) in [7, 11) is 0. The molecule has 0 fully saturated rings. The Morgan fingerprint density at radius 3 is 2.65 bits per heavy atom. The zero-order chi connectivity index (χ0) is 17.4. The first-order valence-electron chi connectivity index (χ1n) is 7.79. The molecule has 0 aromatic carbocycles. The zero-order valence-corrected chi connectivity index (χ0v) is 15.4. The quantitative estimate of drug-likeness (QED) is 0.421. The van der Waals surface area contributed by atoms with Crippen LogP contribution in [0.1, 0.15) is 40.5 Å². The Bertz CT molecular complexity index is 551. The van der Waals surface area contributed by atoms with Gasteiger partial charge in [-0.25, -0.2) is 9.97 Å². The van der Waals surface area contributed by atoms with Crippen LogP contribution in [0, 0.1) is 0 Å². The van der Waals surface area contributed by atoms with Crippen LogP contribution in [0.15, 0.2) is 23.9 Å². The number of carbonyl (C=O) groups is 1. The number of carbonyl (C=O) groups excluding carboxylic acids is 1. The highest BCUT2D eigenvalue weighted by Gasteiger charge is 2.21. The monoisotopic (exact) mass is 358 g/mol. The van der Waals surface area contributed by atoms with Gasteiger partial charge in [-0.1, -0.05) is 31.5 Å². The van der Waals surface area contributed by atoms with Crippen molar-refractivity contribution in [2.24, 2.45) is 0 Å². The van der Waals surface area contributed by atoms with E-state index in [1.165, 1.54) is 0 Å². The molecule has 1 unspecified atom stereocenters. The van der Waals surface area contributed by atoms with Crippen LogP contribution >= 0.6 is 23.2 Å². The van der Waals surface area contributed by atoms with E-state index in [0.29, 0.717) is 16.7 Å². The second-order valence-corrected chi connectivity index (χ2v) is 6.27. The number of hydrogen-bond acceptors (Lipinski definition) is 4. The maximum atomic E-state index is 12.5. The van der Waals surface area contributed by atoms with Gasteiger partial charge in [-0.05, 0) is 32.8 Å². The molecule has 1 amide bonds. The Balaban J connectivity index is 2.80. The van der Waals surface area contributed by atoms with E-state index in [4.69, 9.17) is 23.2 Å². The fourth-order valence-electron chi connectivity index (χ4n) is 2.10. The number of nitrogens with zero attached hydrogens (tertiary/aromatic N) is 2. The average Bonchev–Trinajstić information content (AvgIpc) is 2.51. The molecule has 7 heteroatoms. The fraction of sp³-hybridized carbons (Fsp3) is 0.562. The van der Waals surface area contributed by atoms with Gasteiger partial charge in [0, 0.05) is 17.8 Å². The van der Waals surface area contributed by atoms with Crippen molar-refractivity contribution in [2.75, 3.05) is 5.32 Å². The molecule has 1 aromatic heterocycles. The number of hydrogen-bond donors (Lipinski definition) is 2. The van der Waals surface area contributed by atoms with Crippen LogP contribution in [-0.2, 0) is 4.79 Å². The summed E-state index contributed by atoms with van der Waals surface area (Å²) in [5, 5.41) is 6.30. The minimum Gasteiger partial charge on any atom is -0.348 e. The average molecular weight is 359 g/mol. The minimum atomic E-state index is -0.254. The molecule has 1 aromatic rings. The summed E-state index contributed by atoms with van der Waals surface area (Å²) in [6.45, 7) is 7.76. The molecule has 0 radical (unpaired) electrons. The number of anilines is 1. The van der Waals surface area contributed by atoms with Crippen molar-refractivity contribution in [3.8, 4) is 0 Å². The van der Waals surface area contributed by atoms with Gasteiger partial charge in [0.05, 0.1) is 11.4 Å². The van der Waals surface area contributed by atoms with Crippen molar-refractivity contribution >= 4 is 35.1 Å². The first kappa shape index (κ1) is 19.7. The summed E-state index contributed by atoms with van der Waals surface area (Å²) in [5.74, 6) is 0.247. The molecular formula is C16H24Cl2N4O. The molecule has 0 aliphatic heterocycles. The molecule has 5 nitrogen and oxygen atoms in total. The van der Waals surface area contributed by atoms with Crippen molar-refractivity contribution in [1.29, 1.82) is 0 Å². The number of nitrogens with one attached hydrogen (secondary N) is 2. The molecule has 23 heavy (non-hydrogen) atoms. The smallest absolute Gasteiger partial charge is 0.249 e. The lowest BCUT2D eigenvalue weighted by atomic mass is 10.1. The molecule has 0 bridgehead atoms. The van der Waals surface area contributed by atoms with E-state index in [0.717, 1.165) is 12.8 Å². The molecule has 0 saturated heterocycles. The van der Waals surface area contributed by atoms with Crippen LogP contribution in [-0.4, -0.2) is 33.3 Å². The van der Waals surface area contributed by atoms with Crippen molar-refractivity contribution < 1.29 is 4.79 Å². The Kier molecular flexibility index (Phi) is 8.34. The molecule has 1 rings (SSSR count). The first-order chi connectivity index (χ1) is 10.9. The van der Waals surface area contributed by atoms with E-state index < -0.39 is 0 Å². The second-order valence-electron chi connectivity index (χ2n) is 5.32. The highest BCUT2D eigenvalue weighted by Crippen LogP contribution is 2.13. The molecular weight excluding hydrogens is 335 g/mol. The van der Waals surface area contributed by atoms with Crippen LogP contribution in [0.25, 0.3) is 0 Å². The first-order valence-corrected chi connectivity index (χ1v) is 8.60. The number of alkyl halides is 1. The van der Waals surface area contributed by atoms with Crippen LogP contribution in [0.3, 0.4) is 0 Å². The molecule has 3 atom stereocenters. The van der Waals surface area contributed by atoms with Gasteiger partial charge in [0.25, 0.3) is 0 Å². The van der Waals surface area contributed by atoms with Crippen molar-refractivity contribution in [3.63, 3.8) is 0 Å². The Morgan fingerprint density at radius 2 is 2.09 bits per heavy atom. The Morgan fingerprint density at radius 1 is 1.39 bits per heavy atom. The molecule has 2 N–H and O–H groups in total. The molecule has 0 aliphatic carbocycles. The van der Waals surface area contributed by atoms with Gasteiger partial charge in [-0.15, -0.1) is 11.6 Å². The number of rotatable bonds is 8. The summed E-state index contributed by atoms with van der Waals surface area (Å²) in [6.07, 6.45) is 4.99. The normalized spacial score (nSPS) is 15.7. The van der Waals surface area contributed by atoms with Gasteiger partial charge in [0.15, 0.2) is 0 Å². The van der Waals surface area contributed by atoms with Gasteiger partial charge in [-0.2, -0.15) is 0 Å². The lowest BCUT2D eigenvalue weighted by molar-refractivity contribution is -0.118. The number of aromatic nitrogens is 2. The third-order valence-electron chi connectivity index (χ3n) is 3.41. The van der Waals surface area contributed by atoms with Crippen molar-refractivity contribution in [1.82, 2.24) is 15.3 Å². The number of amides is 1. The highest BCUT2D eigenvalue weighted by molar-refractivity contribution is 6.29. The Hall–Kier alpha value is -1.33. The van der Waals surface area contributed by atoms with E-state index in [2.05, 4.69) is 20.6 Å². The van der Waals surface area contributed by atoms with E-state index in [-0.39, 0.29) is 23.4 Å². The zero-order valence-electron chi connectivity index (χ0n) is 13.9. The number of halogens is 2. The lowest BCUT2D eigenvalue weighted by Gasteiger charge is -2.22. The van der Waals surface area contributed by atoms with E-state index in [1.807, 2.05) is 33.8 Å². The summed E-state index contributed by atoms with van der Waals surface area (Å²) >= 11 is 12.0. The second kappa shape index (κ2) is 9.73. The molecule has 0 aliphatic rings. The summed E-state index contributed by atoms with van der Waals surface area (Å²) in [5.41, 5.74) is 0.628. The van der Waals surface area contributed by atoms with Gasteiger partial charge in [0.1, 0.15) is 5.15 Å². The molecule has 0 saturated carbocycles. The topological polar surface area (TPSA) is 66.9 Å². The maximum Gasteiger partial charge on any atom is 0.249 e. The standard InChI is InChI=1S/C16H24Cl2N4O/c1-5-7-12(15(23)20-11(4)13(17)6-2)10(3)21-16-19-9-8-14(18)22-16/h7-11,13H,5-6H2,1-4H3,(H,20,23)(H,19,21,22)/b12-7-/t10-,11+,13?/m0/s1. The molecule has 0 spiro atoms. The third kappa shape index (κ3) is 6.36. The summed E-state index contributed by atoms with van der Waals surface area (Å²) in [4.78, 5) is 20.7. The molecule has 1 heterocycles. The minimum absolute atomic E-state index is 0.0960. The molecule has 128 valence electrons. The van der Waals surface area contributed by atoms with Crippen molar-refractivity contribution in [2.45, 2.75) is 58.0 Å². The Labute approximate surface area is 147 Å². The van der Waals surface area contributed by atoms with Crippen LogP contribution < -0.4 is 10.6 Å². The van der Waals surface area contributed by atoms with Crippen LogP contribution in [0.2, 0.25) is 5.15 Å². The van der Waals surface area contributed by atoms with Gasteiger partial charge < -0.3 is 10.6 Å². The maximum absolute atomic E-state index is 12.5. The van der Waals surface area contributed by atoms with Gasteiger partial charge in [0.2, 0.25) is 11.9 Å². The third-order valence-corrected chi connectivity index (χ3v) is 4.31. The predicted octanol–water partition coefficient (Wildman–Crippen LogP) is 3.79. The lowest BCUT2D eigenvalue weighted by Crippen LogP contribution is -2.42. The SMILES string of the molecule is CC/C=C(\C(=O)N[C@H](C)C(Cl)CC)[C@H](C)Nc1nccc(Cl)n1. The summed E-state index contributed by atoms with van der Waals surface area (Å²) < 4.78 is 0. The van der Waals surface area contributed by atoms with E-state index in [9.17, 15) is 4.79 Å². The van der Waals surface area contributed by atoms with Gasteiger partial charge >= 0.3 is 0 Å². The van der Waals surface area contributed by atoms with E-state index >= 15 is 0 Å². The van der Waals surface area contributed by atoms with Crippen molar-refractivity contribution in [3.05, 3.63) is 29.1 Å². The largest absolute Gasteiger partial charge is 0.348 e. The highest BCUT2D eigenvalue weighted by atomic mass is 35.5. The van der Waals surface area contributed by atoms with Gasteiger partial charge in [-0.3, -0.25) is 4.79 Å². The predicted molar refractivity (Wildman–Crippen MR) is 96.0 cm³/mol. The summed E-state index contributed by atoms with van der Waals surface area (Å²) in [6, 6.07) is 1.24. The fourth-order valence-corrected chi connectivity index (χ4v) is 2.30. The van der Waals surface area contributed by atoms with Crippen LogP contribution in [0.5, 0.6) is 0 Å². The number of allylic oxidation sites excluding steroid dienone is 1. The van der Waals surface area contributed by atoms with E-state index in [1.54, 1.807) is 12.3 Å².